The van der Waals surface area contributed by atoms with Crippen LogP contribution in [0.1, 0.15) is 31.7 Å². The van der Waals surface area contributed by atoms with E-state index in [1.54, 1.807) is 12.1 Å². The van der Waals surface area contributed by atoms with Crippen molar-refractivity contribution in [2.75, 3.05) is 11.5 Å². The van der Waals surface area contributed by atoms with Gasteiger partial charge in [0.1, 0.15) is 5.82 Å². The van der Waals surface area contributed by atoms with E-state index in [4.69, 9.17) is 5.73 Å². The highest BCUT2D eigenvalue weighted by Gasteiger charge is 2.09. The van der Waals surface area contributed by atoms with Crippen LogP contribution in [0.15, 0.2) is 18.2 Å². The minimum Gasteiger partial charge on any atom is -0.398 e. The van der Waals surface area contributed by atoms with Gasteiger partial charge in [-0.1, -0.05) is 25.8 Å². The molecule has 0 aliphatic rings. The number of benzene rings is 1. The van der Waals surface area contributed by atoms with Gasteiger partial charge in [0.25, 0.3) is 0 Å². The van der Waals surface area contributed by atoms with Gasteiger partial charge in [-0.15, -0.1) is 0 Å². The molecule has 4 heteroatoms. The zero-order valence-corrected chi connectivity index (χ0v) is 10.4. The molecule has 0 saturated carbocycles. The van der Waals surface area contributed by atoms with Crippen LogP contribution < -0.4 is 5.73 Å². The monoisotopic (exact) mass is 243 g/mol. The average molecular weight is 243 g/mol. The van der Waals surface area contributed by atoms with Crippen molar-refractivity contribution in [3.63, 3.8) is 0 Å². The highest BCUT2D eigenvalue weighted by atomic mass is 32.2. The molecule has 16 heavy (non-hydrogen) atoms. The van der Waals surface area contributed by atoms with Crippen molar-refractivity contribution in [2.45, 2.75) is 31.9 Å². The normalized spacial score (nSPS) is 12.6. The molecule has 1 aromatic carbocycles. The Morgan fingerprint density at radius 2 is 2.12 bits per heavy atom. The smallest absolute Gasteiger partial charge is 0.129 e. The largest absolute Gasteiger partial charge is 0.398 e. The fourth-order valence-corrected chi connectivity index (χ4v) is 2.77. The van der Waals surface area contributed by atoms with Crippen molar-refractivity contribution in [2.24, 2.45) is 0 Å². The van der Waals surface area contributed by atoms with Gasteiger partial charge in [0.2, 0.25) is 0 Å². The Balaban J connectivity index is 2.56. The van der Waals surface area contributed by atoms with Crippen LogP contribution in [-0.4, -0.2) is 9.96 Å². The fraction of sp³-hybridized carbons (Fsp3) is 0.500. The molecule has 0 amide bonds. The predicted molar refractivity (Wildman–Crippen MR) is 67.1 cm³/mol. The van der Waals surface area contributed by atoms with Crippen molar-refractivity contribution in [1.29, 1.82) is 0 Å². The van der Waals surface area contributed by atoms with E-state index < -0.39 is 10.8 Å². The molecule has 90 valence electrons. The number of rotatable bonds is 6. The van der Waals surface area contributed by atoms with E-state index in [1.807, 2.05) is 0 Å². The van der Waals surface area contributed by atoms with Crippen molar-refractivity contribution in [3.05, 3.63) is 29.6 Å². The molecule has 2 N–H and O–H groups in total. The molecule has 1 rings (SSSR count). The minimum absolute atomic E-state index is 0.224. The van der Waals surface area contributed by atoms with Gasteiger partial charge in [-0.05, 0) is 18.6 Å². The second-order valence-electron chi connectivity index (χ2n) is 3.80. The van der Waals surface area contributed by atoms with Gasteiger partial charge in [-0.3, -0.25) is 4.21 Å². The number of hydrogen-bond donors (Lipinski definition) is 1. The quantitative estimate of drug-likeness (QED) is 0.616. The highest BCUT2D eigenvalue weighted by molar-refractivity contribution is 7.84. The Morgan fingerprint density at radius 3 is 2.75 bits per heavy atom. The molecule has 0 saturated heterocycles. The summed E-state index contributed by atoms with van der Waals surface area (Å²) in [5, 5.41) is 0. The minimum atomic E-state index is -1.01. The lowest BCUT2D eigenvalue weighted by Gasteiger charge is -2.06. The van der Waals surface area contributed by atoms with Crippen LogP contribution in [0.5, 0.6) is 0 Å². The number of nitrogens with two attached hydrogens (primary N) is 1. The summed E-state index contributed by atoms with van der Waals surface area (Å²) in [4.78, 5) is 0. The predicted octanol–water partition coefficient (Wildman–Crippen LogP) is 2.85. The number of unbranched alkanes of at least 4 members (excludes halogenated alkanes) is 2. The first-order valence-corrected chi connectivity index (χ1v) is 7.01. The maximum Gasteiger partial charge on any atom is 0.129 e. The summed E-state index contributed by atoms with van der Waals surface area (Å²) in [6.07, 6.45) is 3.09. The SMILES string of the molecule is CCCCCS(=O)Cc1c(N)cccc1F. The topological polar surface area (TPSA) is 43.1 Å². The molecule has 1 atom stereocenters. The summed E-state index contributed by atoms with van der Waals surface area (Å²) in [5.74, 6) is 0.493. The molecule has 2 nitrogen and oxygen atoms in total. The molecule has 1 aromatic rings. The molecule has 0 radical (unpaired) electrons. The van der Waals surface area contributed by atoms with Crippen molar-refractivity contribution < 1.29 is 8.60 Å². The zero-order valence-electron chi connectivity index (χ0n) is 9.54. The third-order valence-electron chi connectivity index (χ3n) is 2.44. The second kappa shape index (κ2) is 6.63. The maximum atomic E-state index is 13.4. The number of halogens is 1. The van der Waals surface area contributed by atoms with Crippen molar-refractivity contribution in [1.82, 2.24) is 0 Å². The van der Waals surface area contributed by atoms with Crippen LogP contribution in [0, 0.1) is 5.82 Å². The van der Waals surface area contributed by atoms with E-state index in [1.165, 1.54) is 6.07 Å². The summed E-state index contributed by atoms with van der Waals surface area (Å²) in [7, 11) is -1.01. The lowest BCUT2D eigenvalue weighted by atomic mass is 10.2. The Hall–Kier alpha value is -0.900. The zero-order chi connectivity index (χ0) is 12.0. The third-order valence-corrected chi connectivity index (χ3v) is 3.79. The van der Waals surface area contributed by atoms with Gasteiger partial charge in [-0.2, -0.15) is 0 Å². The Labute approximate surface area is 98.5 Å². The van der Waals surface area contributed by atoms with Gasteiger partial charge in [-0.25, -0.2) is 4.39 Å². The third kappa shape index (κ3) is 3.93. The van der Waals surface area contributed by atoms with Crippen LogP contribution in [0.4, 0.5) is 10.1 Å². The number of nitrogen functional groups attached to an aromatic ring is 1. The fourth-order valence-electron chi connectivity index (χ4n) is 1.47. The van der Waals surface area contributed by atoms with E-state index >= 15 is 0 Å². The highest BCUT2D eigenvalue weighted by Crippen LogP contribution is 2.17. The first-order valence-electron chi connectivity index (χ1n) is 5.53. The van der Waals surface area contributed by atoms with Crippen molar-refractivity contribution >= 4 is 16.5 Å². The average Bonchev–Trinajstić information content (AvgIpc) is 2.24. The van der Waals surface area contributed by atoms with E-state index in [0.717, 1.165) is 19.3 Å². The van der Waals surface area contributed by atoms with Crippen LogP contribution in [-0.2, 0) is 16.6 Å². The molecular weight excluding hydrogens is 225 g/mol. The van der Waals surface area contributed by atoms with Crippen LogP contribution in [0.2, 0.25) is 0 Å². The molecule has 0 aliphatic carbocycles. The molecule has 0 aliphatic heterocycles. The molecule has 1 unspecified atom stereocenters. The second-order valence-corrected chi connectivity index (χ2v) is 5.38. The number of anilines is 1. The number of hydrogen-bond acceptors (Lipinski definition) is 2. The van der Waals surface area contributed by atoms with Gasteiger partial charge in [0.15, 0.2) is 0 Å². The van der Waals surface area contributed by atoms with Gasteiger partial charge < -0.3 is 5.73 Å². The summed E-state index contributed by atoms with van der Waals surface area (Å²) in [5.41, 5.74) is 6.43. The van der Waals surface area contributed by atoms with E-state index in [0.29, 0.717) is 17.0 Å². The Kier molecular flexibility index (Phi) is 5.46. The van der Waals surface area contributed by atoms with Gasteiger partial charge >= 0.3 is 0 Å². The van der Waals surface area contributed by atoms with Crippen LogP contribution >= 0.6 is 0 Å². The Morgan fingerprint density at radius 1 is 1.38 bits per heavy atom. The summed E-state index contributed by atoms with van der Waals surface area (Å²) >= 11 is 0. The first-order chi connectivity index (χ1) is 7.65. The summed E-state index contributed by atoms with van der Waals surface area (Å²) < 4.78 is 25.1. The molecule has 0 fully saturated rings. The standard InChI is InChI=1S/C12H18FNOS/c1-2-3-4-8-16(15)9-10-11(13)6-5-7-12(10)14/h5-7H,2-4,8-9,14H2,1H3. The first kappa shape index (κ1) is 13.2. The lowest BCUT2D eigenvalue weighted by Crippen LogP contribution is -2.05. The van der Waals surface area contributed by atoms with Crippen LogP contribution in [0.25, 0.3) is 0 Å². The Bertz CT molecular complexity index is 348. The lowest BCUT2D eigenvalue weighted by molar-refractivity contribution is 0.616. The summed E-state index contributed by atoms with van der Waals surface area (Å²) in [6, 6.07) is 4.56. The van der Waals surface area contributed by atoms with E-state index in [2.05, 4.69) is 6.92 Å². The molecule has 0 spiro atoms. The molecule has 0 aromatic heterocycles. The molecular formula is C12H18FNOS. The van der Waals surface area contributed by atoms with E-state index in [9.17, 15) is 8.60 Å². The summed E-state index contributed by atoms with van der Waals surface area (Å²) in [6.45, 7) is 2.10. The van der Waals surface area contributed by atoms with Gasteiger partial charge in [0, 0.05) is 27.8 Å². The molecule has 0 bridgehead atoms. The molecule has 0 heterocycles. The van der Waals surface area contributed by atoms with Crippen LogP contribution in [0.3, 0.4) is 0 Å². The van der Waals surface area contributed by atoms with Crippen molar-refractivity contribution in [3.8, 4) is 0 Å². The van der Waals surface area contributed by atoms with E-state index in [-0.39, 0.29) is 11.6 Å². The maximum absolute atomic E-state index is 13.4. The van der Waals surface area contributed by atoms with Gasteiger partial charge in [0.05, 0.1) is 5.75 Å².